The van der Waals surface area contributed by atoms with Crippen LogP contribution in [0, 0.1) is 0 Å². The summed E-state index contributed by atoms with van der Waals surface area (Å²) >= 11 is 6.17. The van der Waals surface area contributed by atoms with Gasteiger partial charge in [-0.3, -0.25) is 9.59 Å². The molecule has 1 aliphatic heterocycles. The first-order valence-electron chi connectivity index (χ1n) is 9.98. The number of carbonyl (C=O) groups is 2. The molecular formula is C25H22ClNO4. The van der Waals surface area contributed by atoms with Gasteiger partial charge in [-0.25, -0.2) is 0 Å². The minimum atomic E-state index is -1.99. The average Bonchev–Trinajstić information content (AvgIpc) is 2.99. The van der Waals surface area contributed by atoms with Crippen LogP contribution >= 0.6 is 11.6 Å². The van der Waals surface area contributed by atoms with Crippen molar-refractivity contribution in [1.29, 1.82) is 0 Å². The van der Waals surface area contributed by atoms with Crippen LogP contribution in [-0.4, -0.2) is 30.5 Å². The van der Waals surface area contributed by atoms with E-state index in [0.717, 1.165) is 5.56 Å². The van der Waals surface area contributed by atoms with Crippen LogP contribution in [0.3, 0.4) is 0 Å². The van der Waals surface area contributed by atoms with Gasteiger partial charge in [-0.15, -0.1) is 0 Å². The van der Waals surface area contributed by atoms with Crippen LogP contribution in [0.25, 0.3) is 0 Å². The van der Waals surface area contributed by atoms with Gasteiger partial charge in [-0.1, -0.05) is 54.1 Å². The molecule has 0 spiro atoms. The molecule has 1 heterocycles. The quantitative estimate of drug-likeness (QED) is 0.558. The van der Waals surface area contributed by atoms with Crippen LogP contribution in [0.4, 0.5) is 5.69 Å². The number of amides is 1. The van der Waals surface area contributed by atoms with Gasteiger partial charge in [0, 0.05) is 17.1 Å². The average molecular weight is 436 g/mol. The minimum Gasteiger partial charge on any atom is -0.496 e. The summed E-state index contributed by atoms with van der Waals surface area (Å²) in [4.78, 5) is 28.0. The standard InChI is InChI=1S/C25H22ClNO4/c1-31-23-10-6-5-9-19(23)22(28)16-25(30)20-15-18(26)11-12-21(20)27(24(25)29)14-13-17-7-3-2-4-8-17/h2-12,15,30H,13-14,16H2,1H3/t25-/m0/s1. The number of hydrogen-bond acceptors (Lipinski definition) is 4. The van der Waals surface area contributed by atoms with Crippen LogP contribution in [0.15, 0.2) is 72.8 Å². The SMILES string of the molecule is COc1ccccc1C(=O)C[C@@]1(O)C(=O)N(CCc2ccccc2)c2ccc(Cl)cc21. The fraction of sp³-hybridized carbons (Fsp3) is 0.200. The normalized spacial score (nSPS) is 17.5. The van der Waals surface area contributed by atoms with Gasteiger partial charge >= 0.3 is 0 Å². The Morgan fingerprint density at radius 3 is 2.52 bits per heavy atom. The Balaban J connectivity index is 1.66. The summed E-state index contributed by atoms with van der Waals surface area (Å²) in [6.07, 6.45) is 0.215. The number of ether oxygens (including phenoxy) is 1. The van der Waals surface area contributed by atoms with Crippen LogP contribution in [0.5, 0.6) is 5.75 Å². The first-order valence-corrected chi connectivity index (χ1v) is 10.4. The highest BCUT2D eigenvalue weighted by Gasteiger charge is 2.51. The fourth-order valence-electron chi connectivity index (χ4n) is 4.00. The van der Waals surface area contributed by atoms with Crippen LogP contribution in [-0.2, 0) is 16.8 Å². The summed E-state index contributed by atoms with van der Waals surface area (Å²) in [5, 5.41) is 11.9. The van der Waals surface area contributed by atoms with E-state index in [4.69, 9.17) is 16.3 Å². The summed E-state index contributed by atoms with van der Waals surface area (Å²) in [6, 6.07) is 21.5. The van der Waals surface area contributed by atoms with Crippen molar-refractivity contribution >= 4 is 29.0 Å². The number of para-hydroxylation sites is 1. The molecule has 1 N–H and O–H groups in total. The number of Topliss-reactive ketones (excluding diaryl/α,β-unsaturated/α-hetero) is 1. The zero-order valence-corrected chi connectivity index (χ0v) is 17.8. The van der Waals surface area contributed by atoms with Gasteiger partial charge in [0.05, 0.1) is 24.8 Å². The van der Waals surface area contributed by atoms with Gasteiger partial charge in [0.25, 0.3) is 5.91 Å². The predicted molar refractivity (Wildman–Crippen MR) is 120 cm³/mol. The maximum atomic E-state index is 13.4. The molecular weight excluding hydrogens is 414 g/mol. The molecule has 0 radical (unpaired) electrons. The van der Waals surface area contributed by atoms with Crippen LogP contribution < -0.4 is 9.64 Å². The van der Waals surface area contributed by atoms with E-state index >= 15 is 0 Å². The van der Waals surface area contributed by atoms with E-state index in [0.29, 0.717) is 40.6 Å². The molecule has 1 amide bonds. The fourth-order valence-corrected chi connectivity index (χ4v) is 4.18. The Hall–Kier alpha value is -3.15. The van der Waals surface area contributed by atoms with Gasteiger partial charge in [-0.05, 0) is 42.3 Å². The third-order valence-corrected chi connectivity index (χ3v) is 5.82. The van der Waals surface area contributed by atoms with E-state index in [-0.39, 0.29) is 5.78 Å². The van der Waals surface area contributed by atoms with Gasteiger partial charge in [0.2, 0.25) is 0 Å². The number of nitrogens with zero attached hydrogens (tertiary/aromatic N) is 1. The lowest BCUT2D eigenvalue weighted by atomic mass is 9.88. The number of anilines is 1. The number of fused-ring (bicyclic) bond motifs is 1. The van der Waals surface area contributed by atoms with Crippen molar-refractivity contribution < 1.29 is 19.4 Å². The number of methoxy groups -OCH3 is 1. The maximum absolute atomic E-state index is 13.4. The third-order valence-electron chi connectivity index (χ3n) is 5.58. The molecule has 3 aromatic carbocycles. The first-order chi connectivity index (χ1) is 14.9. The van der Waals surface area contributed by atoms with E-state index in [1.807, 2.05) is 30.3 Å². The highest BCUT2D eigenvalue weighted by molar-refractivity contribution is 6.31. The second-order valence-corrected chi connectivity index (χ2v) is 7.95. The number of rotatable bonds is 7. The van der Waals surface area contributed by atoms with Crippen molar-refractivity contribution in [2.24, 2.45) is 0 Å². The Bertz CT molecular complexity index is 1130. The van der Waals surface area contributed by atoms with Gasteiger partial charge < -0.3 is 14.7 Å². The zero-order chi connectivity index (χ0) is 22.0. The lowest BCUT2D eigenvalue weighted by Crippen LogP contribution is -2.42. The molecule has 5 nitrogen and oxygen atoms in total. The highest BCUT2D eigenvalue weighted by atomic mass is 35.5. The van der Waals surface area contributed by atoms with Gasteiger partial charge in [-0.2, -0.15) is 0 Å². The number of benzene rings is 3. The lowest BCUT2D eigenvalue weighted by molar-refractivity contribution is -0.135. The Morgan fingerprint density at radius 2 is 1.77 bits per heavy atom. The van der Waals surface area contributed by atoms with Crippen molar-refractivity contribution in [2.75, 3.05) is 18.6 Å². The summed E-state index contributed by atoms with van der Waals surface area (Å²) in [5.41, 5.74) is 0.320. The van der Waals surface area contributed by atoms with Crippen LogP contribution in [0.2, 0.25) is 5.02 Å². The molecule has 1 atom stereocenters. The van der Waals surface area contributed by atoms with E-state index < -0.39 is 17.9 Å². The minimum absolute atomic E-state index is 0.317. The number of ketones is 1. The topological polar surface area (TPSA) is 66.8 Å². The maximum Gasteiger partial charge on any atom is 0.264 e. The molecule has 0 unspecified atom stereocenters. The molecule has 4 rings (SSSR count). The first kappa shape index (κ1) is 21.1. The highest BCUT2D eigenvalue weighted by Crippen LogP contribution is 2.44. The Kier molecular flexibility index (Phi) is 5.81. The largest absolute Gasteiger partial charge is 0.496 e. The van der Waals surface area contributed by atoms with Crippen molar-refractivity contribution in [1.82, 2.24) is 0 Å². The zero-order valence-electron chi connectivity index (χ0n) is 17.0. The molecule has 3 aromatic rings. The summed E-state index contributed by atoms with van der Waals surface area (Å²) < 4.78 is 5.27. The summed E-state index contributed by atoms with van der Waals surface area (Å²) in [6.45, 7) is 0.378. The lowest BCUT2D eigenvalue weighted by Gasteiger charge is -2.23. The van der Waals surface area contributed by atoms with Crippen LogP contribution in [0.1, 0.15) is 27.9 Å². The summed E-state index contributed by atoms with van der Waals surface area (Å²) in [5.74, 6) is -0.512. The van der Waals surface area contributed by atoms with E-state index in [1.165, 1.54) is 12.0 Å². The third kappa shape index (κ3) is 3.94. The molecule has 158 valence electrons. The molecule has 0 bridgehead atoms. The molecule has 0 saturated carbocycles. The van der Waals surface area contributed by atoms with Gasteiger partial charge in [0.1, 0.15) is 5.75 Å². The number of hydrogen-bond donors (Lipinski definition) is 1. The second-order valence-electron chi connectivity index (χ2n) is 7.51. The van der Waals surface area contributed by atoms with Crippen molar-refractivity contribution in [3.8, 4) is 5.75 Å². The number of carbonyl (C=O) groups excluding carboxylic acids is 2. The summed E-state index contributed by atoms with van der Waals surface area (Å²) in [7, 11) is 1.47. The van der Waals surface area contributed by atoms with Crippen molar-refractivity contribution in [2.45, 2.75) is 18.4 Å². The second kappa shape index (κ2) is 8.53. The number of halogens is 1. The van der Waals surface area contributed by atoms with E-state index in [9.17, 15) is 14.7 Å². The van der Waals surface area contributed by atoms with Crippen molar-refractivity contribution in [3.63, 3.8) is 0 Å². The monoisotopic (exact) mass is 435 g/mol. The molecule has 0 aromatic heterocycles. The predicted octanol–water partition coefficient (Wildman–Crippen LogP) is 4.40. The van der Waals surface area contributed by atoms with Gasteiger partial charge in [0.15, 0.2) is 11.4 Å². The molecule has 6 heteroatoms. The smallest absolute Gasteiger partial charge is 0.264 e. The molecule has 0 fully saturated rings. The Labute approximate surface area is 185 Å². The van der Waals surface area contributed by atoms with E-state index in [1.54, 1.807) is 42.5 Å². The van der Waals surface area contributed by atoms with E-state index in [2.05, 4.69) is 0 Å². The number of aliphatic hydroxyl groups is 1. The molecule has 0 aliphatic carbocycles. The van der Waals surface area contributed by atoms with Crippen molar-refractivity contribution in [3.05, 3.63) is 94.5 Å². The molecule has 31 heavy (non-hydrogen) atoms. The molecule has 0 saturated heterocycles. The Morgan fingerprint density at radius 1 is 1.06 bits per heavy atom. The molecule has 1 aliphatic rings.